The predicted molar refractivity (Wildman–Crippen MR) is 112 cm³/mol. The van der Waals surface area contributed by atoms with E-state index < -0.39 is 23.4 Å². The molecular weight excluding hydrogens is 421 g/mol. The second-order valence-electron chi connectivity index (χ2n) is 6.83. The molecule has 0 amide bonds. The van der Waals surface area contributed by atoms with Gasteiger partial charge in [0.1, 0.15) is 23.1 Å². The summed E-state index contributed by atoms with van der Waals surface area (Å²) in [7, 11) is 0. The molecule has 2 heterocycles. The highest BCUT2D eigenvalue weighted by molar-refractivity contribution is 5.77. The number of hydrogen-bond acceptors (Lipinski definition) is 7. The van der Waals surface area contributed by atoms with Gasteiger partial charge >= 0.3 is 5.97 Å². The van der Waals surface area contributed by atoms with Crippen LogP contribution >= 0.6 is 0 Å². The molecule has 0 saturated carbocycles. The summed E-state index contributed by atoms with van der Waals surface area (Å²) >= 11 is 0. The summed E-state index contributed by atoms with van der Waals surface area (Å²) in [5.74, 6) is -1.02. The van der Waals surface area contributed by atoms with E-state index in [0.29, 0.717) is 29.0 Å². The Labute approximate surface area is 180 Å². The van der Waals surface area contributed by atoms with E-state index in [-0.39, 0.29) is 22.7 Å². The van der Waals surface area contributed by atoms with Gasteiger partial charge in [-0.2, -0.15) is 5.21 Å². The number of carboxylic acid groups (broad SMARTS) is 1. The molecule has 0 spiro atoms. The molecule has 0 radical (unpaired) electrons. The van der Waals surface area contributed by atoms with Crippen molar-refractivity contribution in [2.45, 2.75) is 20.0 Å². The van der Waals surface area contributed by atoms with Crippen LogP contribution in [-0.2, 0) is 4.79 Å². The maximum Gasteiger partial charge on any atom is 0.344 e. The Morgan fingerprint density at radius 2 is 2.00 bits per heavy atom. The van der Waals surface area contributed by atoms with Crippen LogP contribution in [0.15, 0.2) is 41.2 Å². The van der Waals surface area contributed by atoms with E-state index in [9.17, 15) is 14.0 Å². The van der Waals surface area contributed by atoms with E-state index >= 15 is 0 Å². The van der Waals surface area contributed by atoms with Gasteiger partial charge in [0.15, 0.2) is 11.6 Å². The van der Waals surface area contributed by atoms with Gasteiger partial charge in [-0.15, -0.1) is 10.2 Å². The van der Waals surface area contributed by atoms with Gasteiger partial charge in [0.2, 0.25) is 5.65 Å². The van der Waals surface area contributed by atoms with Crippen molar-refractivity contribution < 1.29 is 23.8 Å². The molecule has 11 heteroatoms. The number of aromatic amines is 2. The molecule has 0 saturated heterocycles. The monoisotopic (exact) mass is 439 g/mol. The van der Waals surface area contributed by atoms with Crippen LogP contribution in [0.25, 0.3) is 33.7 Å². The minimum absolute atomic E-state index is 0.0828. The predicted octanol–water partition coefficient (Wildman–Crippen LogP) is 2.76. The highest BCUT2D eigenvalue weighted by Gasteiger charge is 2.17. The topological polar surface area (TPSA) is 143 Å². The average molecular weight is 439 g/mol. The van der Waals surface area contributed by atoms with Crippen molar-refractivity contribution in [3.05, 3.63) is 52.6 Å². The lowest BCUT2D eigenvalue weighted by Gasteiger charge is -2.14. The fourth-order valence-corrected chi connectivity index (χ4v) is 3.11. The first-order valence-corrected chi connectivity index (χ1v) is 9.64. The first kappa shape index (κ1) is 21.0. The summed E-state index contributed by atoms with van der Waals surface area (Å²) in [5, 5.41) is 19.0. The fourth-order valence-electron chi connectivity index (χ4n) is 3.11. The third kappa shape index (κ3) is 4.13. The molecule has 32 heavy (non-hydrogen) atoms. The Bertz CT molecular complexity index is 1370. The number of aromatic nitrogens is 5. The minimum Gasteiger partial charge on any atom is -0.493 e. The highest BCUT2D eigenvalue weighted by Crippen LogP contribution is 2.34. The number of benzene rings is 2. The Balaban J connectivity index is 1.77. The van der Waals surface area contributed by atoms with Crippen molar-refractivity contribution >= 4 is 17.1 Å². The summed E-state index contributed by atoms with van der Waals surface area (Å²) in [4.78, 5) is 30.3. The smallest absolute Gasteiger partial charge is 0.344 e. The molecule has 2 aromatic heterocycles. The number of halogens is 1. The second-order valence-corrected chi connectivity index (χ2v) is 6.83. The number of aliphatic carboxylic acids is 1. The van der Waals surface area contributed by atoms with E-state index in [0.717, 1.165) is 6.07 Å². The zero-order valence-corrected chi connectivity index (χ0v) is 17.0. The number of hydrogen-bond donors (Lipinski definition) is 3. The molecular formula is C21H18FN5O5. The van der Waals surface area contributed by atoms with E-state index in [4.69, 9.17) is 14.6 Å². The number of ether oxygens (including phenoxy) is 2. The molecule has 0 bridgehead atoms. The first-order valence-electron chi connectivity index (χ1n) is 9.64. The van der Waals surface area contributed by atoms with E-state index in [2.05, 4.69) is 25.4 Å². The lowest BCUT2D eigenvalue weighted by Crippen LogP contribution is -2.22. The molecule has 0 aliphatic heterocycles. The zero-order chi connectivity index (χ0) is 22.8. The largest absolute Gasteiger partial charge is 0.493 e. The van der Waals surface area contributed by atoms with Crippen molar-refractivity contribution in [2.75, 3.05) is 6.61 Å². The van der Waals surface area contributed by atoms with Gasteiger partial charge in [-0.05, 0) is 49.2 Å². The molecule has 2 aromatic carbocycles. The van der Waals surface area contributed by atoms with Gasteiger partial charge in [-0.1, -0.05) is 6.07 Å². The van der Waals surface area contributed by atoms with Crippen molar-refractivity contribution in [3.63, 3.8) is 0 Å². The Morgan fingerprint density at radius 3 is 2.75 bits per heavy atom. The van der Waals surface area contributed by atoms with Gasteiger partial charge in [0.05, 0.1) is 12.2 Å². The van der Waals surface area contributed by atoms with E-state index in [1.807, 2.05) is 0 Å². The van der Waals surface area contributed by atoms with Crippen molar-refractivity contribution in [1.29, 1.82) is 0 Å². The SMILES string of the molecule is CCOc1cc(-c2cc(F)cc(OC(C)C(=O)O)c2)ccc1-c1nc2n[nH]nc2c(=O)[nH]1. The molecule has 164 valence electrons. The molecule has 4 rings (SSSR count). The van der Waals surface area contributed by atoms with Crippen LogP contribution in [0, 0.1) is 5.82 Å². The van der Waals surface area contributed by atoms with Gasteiger partial charge in [0.25, 0.3) is 5.56 Å². The maximum absolute atomic E-state index is 14.2. The Kier molecular flexibility index (Phi) is 5.54. The first-order chi connectivity index (χ1) is 15.4. The number of H-pyrrole nitrogens is 2. The van der Waals surface area contributed by atoms with Crippen LogP contribution in [0.5, 0.6) is 11.5 Å². The molecule has 3 N–H and O–H groups in total. The molecule has 4 aromatic rings. The summed E-state index contributed by atoms with van der Waals surface area (Å²) in [6.07, 6.45) is -1.14. The van der Waals surface area contributed by atoms with Crippen LogP contribution in [0.3, 0.4) is 0 Å². The number of rotatable bonds is 7. The van der Waals surface area contributed by atoms with Crippen molar-refractivity contribution in [3.8, 4) is 34.0 Å². The van der Waals surface area contributed by atoms with Gasteiger partial charge in [0, 0.05) is 6.07 Å². The normalized spacial score (nSPS) is 12.0. The number of carboxylic acids is 1. The summed E-state index contributed by atoms with van der Waals surface area (Å²) < 4.78 is 25.2. The number of nitrogens with one attached hydrogen (secondary N) is 2. The third-order valence-corrected chi connectivity index (χ3v) is 4.60. The zero-order valence-electron chi connectivity index (χ0n) is 17.0. The third-order valence-electron chi connectivity index (χ3n) is 4.60. The maximum atomic E-state index is 14.2. The Hall–Kier alpha value is -4.28. The average Bonchev–Trinajstić information content (AvgIpc) is 3.23. The molecule has 0 fully saturated rings. The molecule has 0 aliphatic carbocycles. The van der Waals surface area contributed by atoms with Gasteiger partial charge in [-0.3, -0.25) is 4.79 Å². The fraction of sp³-hybridized carbons (Fsp3) is 0.190. The minimum atomic E-state index is -1.16. The standard InChI is InChI=1S/C21H18FN5O5/c1-3-31-16-8-11(12-6-13(22)9-14(7-12)32-10(2)21(29)30)4-5-15(16)18-23-19-17(20(28)24-18)25-27-26-19/h4-10H,3H2,1-2H3,(H,29,30)(H2,23,24,25,26,27,28). The van der Waals surface area contributed by atoms with E-state index in [1.54, 1.807) is 25.1 Å². The summed E-state index contributed by atoms with van der Waals surface area (Å²) in [6, 6.07) is 8.99. The quantitative estimate of drug-likeness (QED) is 0.399. The van der Waals surface area contributed by atoms with Crippen LogP contribution < -0.4 is 15.0 Å². The summed E-state index contributed by atoms with van der Waals surface area (Å²) in [5.41, 5.74) is 1.35. The van der Waals surface area contributed by atoms with Crippen LogP contribution in [-0.4, -0.2) is 49.2 Å². The lowest BCUT2D eigenvalue weighted by molar-refractivity contribution is -0.144. The lowest BCUT2D eigenvalue weighted by atomic mass is 10.0. The number of carbonyl (C=O) groups is 1. The van der Waals surface area contributed by atoms with Crippen molar-refractivity contribution in [1.82, 2.24) is 25.4 Å². The second kappa shape index (κ2) is 8.46. The molecule has 1 unspecified atom stereocenters. The number of nitrogens with zero attached hydrogens (tertiary/aromatic N) is 3. The summed E-state index contributed by atoms with van der Waals surface area (Å²) in [6.45, 7) is 3.49. The van der Waals surface area contributed by atoms with Crippen molar-refractivity contribution in [2.24, 2.45) is 0 Å². The molecule has 10 nitrogen and oxygen atoms in total. The van der Waals surface area contributed by atoms with Crippen LogP contribution in [0.2, 0.25) is 0 Å². The van der Waals surface area contributed by atoms with Gasteiger partial charge in [-0.25, -0.2) is 14.2 Å². The highest BCUT2D eigenvalue weighted by atomic mass is 19.1. The molecule has 0 aliphatic rings. The molecule has 1 atom stereocenters. The van der Waals surface area contributed by atoms with E-state index in [1.165, 1.54) is 19.1 Å². The number of fused-ring (bicyclic) bond motifs is 1. The van der Waals surface area contributed by atoms with Crippen LogP contribution in [0.1, 0.15) is 13.8 Å². The van der Waals surface area contributed by atoms with Gasteiger partial charge < -0.3 is 19.6 Å². The Morgan fingerprint density at radius 1 is 1.19 bits per heavy atom. The van der Waals surface area contributed by atoms with Crippen LogP contribution in [0.4, 0.5) is 4.39 Å².